The molecule has 0 aliphatic heterocycles. The minimum atomic E-state index is 0.109. The van der Waals surface area contributed by atoms with E-state index in [1.54, 1.807) is 0 Å². The lowest BCUT2D eigenvalue weighted by Gasteiger charge is -2.18. The average Bonchev–Trinajstić information content (AvgIpc) is 2.20. The average molecular weight is 307 g/mol. The normalized spacial score (nSPS) is 12.6. The Morgan fingerprint density at radius 3 is 2.75 bits per heavy atom. The Morgan fingerprint density at radius 1 is 1.50 bits per heavy atom. The summed E-state index contributed by atoms with van der Waals surface area (Å²) in [6.07, 6.45) is 0.109. The molecule has 0 bridgehead atoms. The molecule has 0 aliphatic carbocycles. The molecule has 0 saturated heterocycles. The van der Waals surface area contributed by atoms with Gasteiger partial charge in [-0.25, -0.2) is 0 Å². The quantitative estimate of drug-likeness (QED) is 0.893. The van der Waals surface area contributed by atoms with E-state index in [0.29, 0.717) is 5.02 Å². The molecule has 16 heavy (non-hydrogen) atoms. The molecule has 0 spiro atoms. The first-order valence-corrected chi connectivity index (χ1v) is 6.54. The van der Waals surface area contributed by atoms with Crippen molar-refractivity contribution < 1.29 is 4.74 Å². The highest BCUT2D eigenvalue weighted by atomic mass is 79.9. The van der Waals surface area contributed by atoms with Crippen LogP contribution in [-0.2, 0) is 0 Å². The number of aryl methyl sites for hydroxylation is 1. The van der Waals surface area contributed by atoms with Gasteiger partial charge in [0.1, 0.15) is 11.9 Å². The van der Waals surface area contributed by atoms with Crippen LogP contribution in [0, 0.1) is 6.92 Å². The van der Waals surface area contributed by atoms with Gasteiger partial charge < -0.3 is 10.1 Å². The Balaban J connectivity index is 2.73. The Bertz CT molecular complexity index is 334. The molecule has 0 radical (unpaired) electrons. The van der Waals surface area contributed by atoms with Crippen LogP contribution in [0.1, 0.15) is 19.4 Å². The number of benzene rings is 1. The number of nitrogens with one attached hydrogen (secondary N) is 1. The molecule has 0 amide bonds. The Kier molecular flexibility index (Phi) is 5.59. The number of hydrogen-bond donors (Lipinski definition) is 1. The zero-order valence-electron chi connectivity index (χ0n) is 9.81. The fraction of sp³-hybridized carbons (Fsp3) is 0.500. The maximum absolute atomic E-state index is 6.14. The number of ether oxygens (including phenoxy) is 1. The van der Waals surface area contributed by atoms with Gasteiger partial charge in [-0.15, -0.1) is 0 Å². The van der Waals surface area contributed by atoms with E-state index in [0.717, 1.165) is 28.9 Å². The molecular formula is C12H17BrClNO. The summed E-state index contributed by atoms with van der Waals surface area (Å²) in [6.45, 7) is 7.86. The molecular weight excluding hydrogens is 289 g/mol. The molecule has 4 heteroatoms. The third-order valence-electron chi connectivity index (χ3n) is 2.19. The van der Waals surface area contributed by atoms with Crippen molar-refractivity contribution >= 4 is 27.5 Å². The minimum absolute atomic E-state index is 0.109. The maximum Gasteiger partial charge on any atom is 0.141 e. The van der Waals surface area contributed by atoms with Crippen LogP contribution in [0.3, 0.4) is 0 Å². The van der Waals surface area contributed by atoms with Crippen LogP contribution >= 0.6 is 27.5 Å². The molecule has 0 saturated carbocycles. The zero-order chi connectivity index (χ0) is 12.1. The first-order valence-electron chi connectivity index (χ1n) is 5.37. The standard InChI is InChI=1S/C12H17BrClNO/c1-4-15-7-9(3)16-12-8(2)5-10(13)6-11(12)14/h5-6,9,15H,4,7H2,1-3H3. The van der Waals surface area contributed by atoms with Crippen LogP contribution in [0.5, 0.6) is 5.75 Å². The van der Waals surface area contributed by atoms with E-state index in [4.69, 9.17) is 16.3 Å². The number of halogens is 2. The number of rotatable bonds is 5. The van der Waals surface area contributed by atoms with E-state index in [-0.39, 0.29) is 6.10 Å². The van der Waals surface area contributed by atoms with Crippen LogP contribution in [0.2, 0.25) is 5.02 Å². The highest BCUT2D eigenvalue weighted by Crippen LogP contribution is 2.32. The van der Waals surface area contributed by atoms with Gasteiger partial charge in [0.2, 0.25) is 0 Å². The van der Waals surface area contributed by atoms with Crippen LogP contribution < -0.4 is 10.1 Å². The van der Waals surface area contributed by atoms with Gasteiger partial charge in [0, 0.05) is 11.0 Å². The third kappa shape index (κ3) is 3.96. The highest BCUT2D eigenvalue weighted by Gasteiger charge is 2.10. The van der Waals surface area contributed by atoms with E-state index in [9.17, 15) is 0 Å². The lowest BCUT2D eigenvalue weighted by atomic mass is 10.2. The summed E-state index contributed by atoms with van der Waals surface area (Å²) in [5.74, 6) is 0.773. The second kappa shape index (κ2) is 6.48. The molecule has 1 rings (SSSR count). The summed E-state index contributed by atoms with van der Waals surface area (Å²) < 4.78 is 6.79. The van der Waals surface area contributed by atoms with Gasteiger partial charge in [-0.1, -0.05) is 34.5 Å². The largest absolute Gasteiger partial charge is 0.488 e. The Morgan fingerprint density at radius 2 is 2.19 bits per heavy atom. The topological polar surface area (TPSA) is 21.3 Å². The number of likely N-dealkylation sites (N-methyl/N-ethyl adjacent to an activating group) is 1. The van der Waals surface area contributed by atoms with E-state index in [1.807, 2.05) is 26.0 Å². The molecule has 1 aromatic rings. The highest BCUT2D eigenvalue weighted by molar-refractivity contribution is 9.10. The maximum atomic E-state index is 6.14. The molecule has 0 aromatic heterocycles. The predicted molar refractivity (Wildman–Crippen MR) is 72.5 cm³/mol. The monoisotopic (exact) mass is 305 g/mol. The summed E-state index contributed by atoms with van der Waals surface area (Å²) in [6, 6.07) is 3.85. The second-order valence-corrected chi connectivity index (χ2v) is 5.09. The van der Waals surface area contributed by atoms with Crippen molar-refractivity contribution in [2.45, 2.75) is 26.9 Å². The summed E-state index contributed by atoms with van der Waals surface area (Å²) in [4.78, 5) is 0. The summed E-state index contributed by atoms with van der Waals surface area (Å²) >= 11 is 9.54. The van der Waals surface area contributed by atoms with Crippen LogP contribution in [0.25, 0.3) is 0 Å². The first kappa shape index (κ1) is 13.8. The lowest BCUT2D eigenvalue weighted by molar-refractivity contribution is 0.217. The van der Waals surface area contributed by atoms with Crippen LogP contribution in [0.4, 0.5) is 0 Å². The van der Waals surface area contributed by atoms with Gasteiger partial charge in [0.05, 0.1) is 5.02 Å². The van der Waals surface area contributed by atoms with Gasteiger partial charge in [0.25, 0.3) is 0 Å². The van der Waals surface area contributed by atoms with Crippen LogP contribution in [0.15, 0.2) is 16.6 Å². The summed E-state index contributed by atoms with van der Waals surface area (Å²) in [5.41, 5.74) is 1.04. The SMILES string of the molecule is CCNCC(C)Oc1c(C)cc(Br)cc1Cl. The van der Waals surface area contributed by atoms with Crippen molar-refractivity contribution in [2.24, 2.45) is 0 Å². The summed E-state index contributed by atoms with van der Waals surface area (Å²) in [7, 11) is 0. The molecule has 90 valence electrons. The van der Waals surface area contributed by atoms with Crippen molar-refractivity contribution in [1.29, 1.82) is 0 Å². The van der Waals surface area contributed by atoms with E-state index >= 15 is 0 Å². The Labute approximate surface area is 110 Å². The van der Waals surface area contributed by atoms with Crippen molar-refractivity contribution in [3.05, 3.63) is 27.2 Å². The van der Waals surface area contributed by atoms with Crippen molar-refractivity contribution in [3.8, 4) is 5.75 Å². The van der Waals surface area contributed by atoms with Crippen molar-refractivity contribution in [3.63, 3.8) is 0 Å². The molecule has 1 unspecified atom stereocenters. The predicted octanol–water partition coefficient (Wildman–Crippen LogP) is 3.79. The van der Waals surface area contributed by atoms with E-state index < -0.39 is 0 Å². The van der Waals surface area contributed by atoms with Crippen LogP contribution in [-0.4, -0.2) is 19.2 Å². The molecule has 1 N–H and O–H groups in total. The van der Waals surface area contributed by atoms with Crippen molar-refractivity contribution in [1.82, 2.24) is 5.32 Å². The Hall–Kier alpha value is -0.250. The van der Waals surface area contributed by atoms with Gasteiger partial charge in [-0.2, -0.15) is 0 Å². The molecule has 0 heterocycles. The fourth-order valence-electron chi connectivity index (χ4n) is 1.43. The lowest BCUT2D eigenvalue weighted by Crippen LogP contribution is -2.28. The van der Waals surface area contributed by atoms with Gasteiger partial charge in [-0.3, -0.25) is 0 Å². The second-order valence-electron chi connectivity index (χ2n) is 3.77. The molecule has 2 nitrogen and oxygen atoms in total. The molecule has 0 aliphatic rings. The third-order valence-corrected chi connectivity index (χ3v) is 2.93. The molecule has 0 fully saturated rings. The van der Waals surface area contributed by atoms with Gasteiger partial charge >= 0.3 is 0 Å². The summed E-state index contributed by atoms with van der Waals surface area (Å²) in [5, 5.41) is 3.89. The first-order chi connectivity index (χ1) is 7.54. The van der Waals surface area contributed by atoms with Gasteiger partial charge in [-0.05, 0) is 38.1 Å². The smallest absolute Gasteiger partial charge is 0.141 e. The van der Waals surface area contributed by atoms with Gasteiger partial charge in [0.15, 0.2) is 0 Å². The minimum Gasteiger partial charge on any atom is -0.488 e. The zero-order valence-corrected chi connectivity index (χ0v) is 12.2. The van der Waals surface area contributed by atoms with Crippen molar-refractivity contribution in [2.75, 3.05) is 13.1 Å². The molecule has 1 atom stereocenters. The van der Waals surface area contributed by atoms with E-state index in [2.05, 4.69) is 28.2 Å². The van der Waals surface area contributed by atoms with E-state index in [1.165, 1.54) is 0 Å². The molecule has 1 aromatic carbocycles. The fourth-order valence-corrected chi connectivity index (χ4v) is 2.44. The number of hydrogen-bond acceptors (Lipinski definition) is 2.